The Morgan fingerprint density at radius 2 is 1.33 bits per heavy atom. The van der Waals surface area contributed by atoms with Gasteiger partial charge in [-0.2, -0.15) is 0 Å². The van der Waals surface area contributed by atoms with Gasteiger partial charge in [0.2, 0.25) is 5.41 Å². The summed E-state index contributed by atoms with van der Waals surface area (Å²) in [4.78, 5) is 12.2. The molecule has 0 fully saturated rings. The second-order valence-corrected chi connectivity index (χ2v) is 6.44. The average Bonchev–Trinajstić information content (AvgIpc) is 2.38. The second kappa shape index (κ2) is 10.4. The van der Waals surface area contributed by atoms with E-state index in [-0.39, 0.29) is 5.41 Å². The fourth-order valence-corrected chi connectivity index (χ4v) is 3.77. The van der Waals surface area contributed by atoms with Crippen LogP contribution in [0.2, 0.25) is 0 Å². The average molecular weight is 274 g/mol. The van der Waals surface area contributed by atoms with Crippen molar-refractivity contribution in [2.45, 2.75) is 47.0 Å². The van der Waals surface area contributed by atoms with Gasteiger partial charge in [-0.1, -0.05) is 26.8 Å². The highest BCUT2D eigenvalue weighted by molar-refractivity contribution is 6.94. The van der Waals surface area contributed by atoms with Crippen LogP contribution in [0.4, 0.5) is 0 Å². The van der Waals surface area contributed by atoms with Gasteiger partial charge in [-0.15, -0.1) is 0 Å². The van der Waals surface area contributed by atoms with Crippen LogP contribution in [0.3, 0.4) is 0 Å². The van der Waals surface area contributed by atoms with Gasteiger partial charge in [0.25, 0.3) is 0 Å². The fraction of sp³-hybridized carbons (Fsp3) is 0.769. The molecule has 0 aromatic heterocycles. The Morgan fingerprint density at radius 3 is 1.61 bits per heavy atom. The highest BCUT2D eigenvalue weighted by Crippen LogP contribution is 2.14. The zero-order valence-electron chi connectivity index (χ0n) is 12.0. The summed E-state index contributed by atoms with van der Waals surface area (Å²) in [5, 5.41) is -0.152. The van der Waals surface area contributed by atoms with E-state index in [9.17, 15) is 4.79 Å². The summed E-state index contributed by atoms with van der Waals surface area (Å²) in [6.45, 7) is 9.27. The van der Waals surface area contributed by atoms with Gasteiger partial charge in [-0.05, 0) is 32.3 Å². The first kappa shape index (κ1) is 17.5. The molecule has 0 atom stereocenters. The molecular weight excluding hydrogens is 248 g/mol. The molecule has 0 N–H and O–H groups in total. The molecule has 4 nitrogen and oxygen atoms in total. The lowest BCUT2D eigenvalue weighted by molar-refractivity contribution is -0.115. The molecule has 0 aliphatic rings. The molecule has 106 valence electrons. The van der Waals surface area contributed by atoms with E-state index in [2.05, 4.69) is 0 Å². The van der Waals surface area contributed by atoms with Gasteiger partial charge in [-0.25, -0.2) is 0 Å². The van der Waals surface area contributed by atoms with Crippen molar-refractivity contribution < 1.29 is 18.1 Å². The maximum absolute atomic E-state index is 12.2. The molecule has 0 aliphatic carbocycles. The third-order valence-electron chi connectivity index (χ3n) is 2.11. The van der Waals surface area contributed by atoms with Crippen molar-refractivity contribution in [1.29, 1.82) is 0 Å². The number of hydrogen-bond acceptors (Lipinski definition) is 4. The van der Waals surface area contributed by atoms with Crippen LogP contribution in [0.1, 0.15) is 47.0 Å². The topological polar surface area (TPSA) is 44.8 Å². The molecule has 0 saturated carbocycles. The Morgan fingerprint density at radius 1 is 0.944 bits per heavy atom. The molecule has 0 rings (SSSR count). The minimum atomic E-state index is -3.21. The summed E-state index contributed by atoms with van der Waals surface area (Å²) >= 11 is 0. The van der Waals surface area contributed by atoms with Crippen LogP contribution in [0, 0.1) is 0 Å². The highest BCUT2D eigenvalue weighted by atomic mass is 28.4. The summed E-state index contributed by atoms with van der Waals surface area (Å²) in [5.41, 5.74) is 0. The summed E-state index contributed by atoms with van der Waals surface area (Å²) in [6, 6.07) is 0. The molecular formula is C13H26O4Si. The van der Waals surface area contributed by atoms with E-state index < -0.39 is 8.80 Å². The molecule has 0 aromatic carbocycles. The highest BCUT2D eigenvalue weighted by Gasteiger charge is 2.48. The van der Waals surface area contributed by atoms with Gasteiger partial charge < -0.3 is 13.3 Å². The molecule has 0 aromatic rings. The van der Waals surface area contributed by atoms with Crippen molar-refractivity contribution in [3.8, 4) is 0 Å². The predicted octanol–water partition coefficient (Wildman–Crippen LogP) is 2.89. The van der Waals surface area contributed by atoms with Crippen molar-refractivity contribution >= 4 is 14.2 Å². The Bertz CT molecular complexity index is 232. The maximum Gasteiger partial charge on any atom is 0.579 e. The SMILES string of the molecule is CC=CC(=O)[Si](OCCC)(OCCC)OCCC. The van der Waals surface area contributed by atoms with Crippen LogP contribution in [0.5, 0.6) is 0 Å². The van der Waals surface area contributed by atoms with E-state index in [0.717, 1.165) is 19.3 Å². The Hall–Kier alpha value is -0.493. The molecule has 0 heterocycles. The Labute approximate surface area is 112 Å². The van der Waals surface area contributed by atoms with Crippen molar-refractivity contribution in [2.75, 3.05) is 19.8 Å². The normalized spacial score (nSPS) is 12.2. The van der Waals surface area contributed by atoms with E-state index >= 15 is 0 Å². The molecule has 0 bridgehead atoms. The summed E-state index contributed by atoms with van der Waals surface area (Å²) in [7, 11) is -3.21. The lowest BCUT2D eigenvalue weighted by Crippen LogP contribution is -2.53. The van der Waals surface area contributed by atoms with Crippen LogP contribution >= 0.6 is 0 Å². The Balaban J connectivity index is 4.89. The van der Waals surface area contributed by atoms with Gasteiger partial charge in [0.1, 0.15) is 0 Å². The van der Waals surface area contributed by atoms with E-state index in [1.54, 1.807) is 13.0 Å². The molecule has 0 amide bonds. The van der Waals surface area contributed by atoms with E-state index in [4.69, 9.17) is 13.3 Å². The monoisotopic (exact) mass is 274 g/mol. The minimum Gasteiger partial charge on any atom is -0.368 e. The number of hydrogen-bond donors (Lipinski definition) is 0. The smallest absolute Gasteiger partial charge is 0.368 e. The van der Waals surface area contributed by atoms with Gasteiger partial charge in [0.05, 0.1) is 0 Å². The van der Waals surface area contributed by atoms with Gasteiger partial charge in [0.15, 0.2) is 0 Å². The van der Waals surface area contributed by atoms with E-state index in [0.29, 0.717) is 19.8 Å². The number of carbonyl (C=O) groups is 1. The molecule has 0 spiro atoms. The third kappa shape index (κ3) is 5.91. The van der Waals surface area contributed by atoms with Crippen LogP contribution in [0.15, 0.2) is 12.2 Å². The van der Waals surface area contributed by atoms with Crippen LogP contribution in [-0.2, 0) is 18.1 Å². The summed E-state index contributed by atoms with van der Waals surface area (Å²) in [6.07, 6.45) is 5.70. The summed E-state index contributed by atoms with van der Waals surface area (Å²) < 4.78 is 17.1. The van der Waals surface area contributed by atoms with Crippen molar-refractivity contribution in [3.63, 3.8) is 0 Å². The van der Waals surface area contributed by atoms with E-state index in [1.807, 2.05) is 20.8 Å². The first-order valence-electron chi connectivity index (χ1n) is 6.75. The lowest BCUT2D eigenvalue weighted by Gasteiger charge is -2.26. The zero-order valence-corrected chi connectivity index (χ0v) is 13.0. The largest absolute Gasteiger partial charge is 0.579 e. The predicted molar refractivity (Wildman–Crippen MR) is 74.3 cm³/mol. The standard InChI is InChI=1S/C13H26O4Si/c1-5-9-13(14)18(15-10-6-2,16-11-7-3)17-12-8-4/h5,9H,6-8,10-12H2,1-4H3. The molecule has 5 heteroatoms. The second-order valence-electron chi connectivity index (χ2n) is 3.97. The van der Waals surface area contributed by atoms with Gasteiger partial charge in [-0.3, -0.25) is 4.79 Å². The number of carbonyl (C=O) groups excluding carboxylic acids is 1. The lowest BCUT2D eigenvalue weighted by atomic mass is 10.5. The number of rotatable bonds is 11. The van der Waals surface area contributed by atoms with Gasteiger partial charge >= 0.3 is 8.80 Å². The first-order valence-corrected chi connectivity index (χ1v) is 8.48. The van der Waals surface area contributed by atoms with E-state index in [1.165, 1.54) is 6.08 Å². The molecule has 18 heavy (non-hydrogen) atoms. The molecule has 0 aliphatic heterocycles. The zero-order chi connectivity index (χ0) is 13.9. The number of allylic oxidation sites excluding steroid dienone is 2. The summed E-state index contributed by atoms with van der Waals surface area (Å²) in [5.74, 6) is 0. The maximum atomic E-state index is 12.2. The van der Waals surface area contributed by atoms with Crippen molar-refractivity contribution in [3.05, 3.63) is 12.2 Å². The molecule has 0 radical (unpaired) electrons. The van der Waals surface area contributed by atoms with Crippen LogP contribution < -0.4 is 0 Å². The quantitative estimate of drug-likeness (QED) is 0.429. The molecule has 0 unspecified atom stereocenters. The fourth-order valence-electron chi connectivity index (χ4n) is 1.30. The third-order valence-corrected chi connectivity index (χ3v) is 4.63. The Kier molecular flexibility index (Phi) is 10.1. The first-order chi connectivity index (χ1) is 8.66. The van der Waals surface area contributed by atoms with Crippen LogP contribution in [0.25, 0.3) is 0 Å². The van der Waals surface area contributed by atoms with Gasteiger partial charge in [0, 0.05) is 19.8 Å². The minimum absolute atomic E-state index is 0.152. The van der Waals surface area contributed by atoms with Crippen molar-refractivity contribution in [2.24, 2.45) is 0 Å². The van der Waals surface area contributed by atoms with Crippen molar-refractivity contribution in [1.82, 2.24) is 0 Å². The molecule has 0 saturated heterocycles. The van der Waals surface area contributed by atoms with Crippen LogP contribution in [-0.4, -0.2) is 34.0 Å².